The van der Waals surface area contributed by atoms with Gasteiger partial charge in [-0.05, 0) is 37.1 Å². The molecule has 2 aromatic carbocycles. The molecule has 2 fully saturated rings. The third kappa shape index (κ3) is 3.84. The number of ether oxygens (including phenoxy) is 2. The molecule has 0 N–H and O–H groups in total. The first-order valence-corrected chi connectivity index (χ1v) is 11.2. The van der Waals surface area contributed by atoms with Crippen molar-refractivity contribution in [3.05, 3.63) is 59.4 Å². The number of piperidine rings is 1. The van der Waals surface area contributed by atoms with Crippen molar-refractivity contribution in [2.75, 3.05) is 39.6 Å². The lowest BCUT2D eigenvalue weighted by Gasteiger charge is -2.44. The van der Waals surface area contributed by atoms with E-state index in [-0.39, 0.29) is 17.4 Å². The molecule has 4 rings (SSSR count). The summed E-state index contributed by atoms with van der Waals surface area (Å²) in [6.07, 6.45) is 1.25. The molecule has 0 bridgehead atoms. The third-order valence-corrected chi connectivity index (χ3v) is 7.55. The van der Waals surface area contributed by atoms with Gasteiger partial charge in [0.2, 0.25) is 0 Å². The first-order valence-electron chi connectivity index (χ1n) is 10.2. The summed E-state index contributed by atoms with van der Waals surface area (Å²) in [6.45, 7) is 1.56. The van der Waals surface area contributed by atoms with E-state index in [0.29, 0.717) is 49.5 Å². The number of thioether (sulfide) groups is 1. The van der Waals surface area contributed by atoms with E-state index >= 15 is 0 Å². The number of carbonyl (C=O) groups excluding carboxylic acids is 2. The number of amides is 2. The summed E-state index contributed by atoms with van der Waals surface area (Å²) in [5.74, 6) is 0.797. The molecule has 31 heavy (non-hydrogen) atoms. The van der Waals surface area contributed by atoms with Crippen molar-refractivity contribution >= 4 is 23.6 Å². The highest BCUT2D eigenvalue weighted by Gasteiger charge is 2.47. The van der Waals surface area contributed by atoms with E-state index in [1.165, 1.54) is 26.4 Å². The minimum Gasteiger partial charge on any atom is -0.496 e. The number of nitrogens with zero attached hydrogens (tertiary/aromatic N) is 2. The van der Waals surface area contributed by atoms with Gasteiger partial charge in [0.05, 0.1) is 24.7 Å². The van der Waals surface area contributed by atoms with E-state index in [0.717, 1.165) is 5.75 Å². The molecule has 6 nitrogen and oxygen atoms in total. The van der Waals surface area contributed by atoms with Gasteiger partial charge in [-0.2, -0.15) is 0 Å². The number of halogens is 1. The Morgan fingerprint density at radius 3 is 2.19 bits per heavy atom. The third-order valence-electron chi connectivity index (χ3n) is 6.00. The van der Waals surface area contributed by atoms with Crippen LogP contribution in [-0.4, -0.2) is 66.1 Å². The molecule has 164 valence electrons. The summed E-state index contributed by atoms with van der Waals surface area (Å²) in [4.78, 5) is 29.5. The van der Waals surface area contributed by atoms with Crippen LogP contribution in [0.25, 0.3) is 0 Å². The van der Waals surface area contributed by atoms with Crippen molar-refractivity contribution in [2.45, 2.75) is 17.7 Å². The zero-order valence-corrected chi connectivity index (χ0v) is 18.4. The Morgan fingerprint density at radius 2 is 1.58 bits per heavy atom. The highest BCUT2D eigenvalue weighted by Crippen LogP contribution is 2.45. The van der Waals surface area contributed by atoms with Crippen LogP contribution in [0.15, 0.2) is 42.5 Å². The second-order valence-corrected chi connectivity index (χ2v) is 9.02. The van der Waals surface area contributed by atoms with Gasteiger partial charge in [0.25, 0.3) is 11.8 Å². The van der Waals surface area contributed by atoms with Crippen molar-refractivity contribution in [1.29, 1.82) is 0 Å². The number of carbonyl (C=O) groups is 2. The molecular formula is C23H25FN2O4S. The Labute approximate surface area is 185 Å². The van der Waals surface area contributed by atoms with E-state index in [2.05, 4.69) is 0 Å². The van der Waals surface area contributed by atoms with E-state index in [9.17, 15) is 14.0 Å². The van der Waals surface area contributed by atoms with Gasteiger partial charge in [-0.3, -0.25) is 9.59 Å². The second kappa shape index (κ2) is 8.78. The van der Waals surface area contributed by atoms with E-state index in [1.54, 1.807) is 51.9 Å². The maximum Gasteiger partial charge on any atom is 0.261 e. The molecule has 2 aliphatic heterocycles. The normalized spacial score (nSPS) is 17.6. The number of hydrogen-bond acceptors (Lipinski definition) is 5. The lowest BCUT2D eigenvalue weighted by atomic mass is 9.99. The van der Waals surface area contributed by atoms with Crippen LogP contribution in [0.3, 0.4) is 0 Å². The number of likely N-dealkylation sites (tertiary alicyclic amines) is 1. The van der Waals surface area contributed by atoms with Crippen molar-refractivity contribution in [3.8, 4) is 11.5 Å². The predicted octanol–water partition coefficient (Wildman–Crippen LogP) is 3.66. The van der Waals surface area contributed by atoms with Gasteiger partial charge in [-0.25, -0.2) is 4.39 Å². The maximum atomic E-state index is 14.2. The molecule has 2 heterocycles. The Balaban J connectivity index is 1.52. The van der Waals surface area contributed by atoms with Gasteiger partial charge in [-0.1, -0.05) is 18.2 Å². The molecule has 0 atom stereocenters. The Hall–Kier alpha value is -2.74. The molecular weight excluding hydrogens is 419 g/mol. The lowest BCUT2D eigenvalue weighted by molar-refractivity contribution is 0.0492. The van der Waals surface area contributed by atoms with Crippen LogP contribution in [-0.2, 0) is 0 Å². The summed E-state index contributed by atoms with van der Waals surface area (Å²) in [5, 5.41) is 0. The quantitative estimate of drug-likeness (QED) is 0.720. The highest BCUT2D eigenvalue weighted by molar-refractivity contribution is 8.00. The van der Waals surface area contributed by atoms with E-state index < -0.39 is 10.7 Å². The summed E-state index contributed by atoms with van der Waals surface area (Å²) in [6, 6.07) is 11.4. The van der Waals surface area contributed by atoms with Crippen molar-refractivity contribution in [1.82, 2.24) is 9.80 Å². The first-order chi connectivity index (χ1) is 15.0. The number of rotatable bonds is 4. The molecule has 2 amide bonds. The number of methoxy groups -OCH3 is 2. The van der Waals surface area contributed by atoms with E-state index in [1.807, 2.05) is 0 Å². The predicted molar refractivity (Wildman–Crippen MR) is 117 cm³/mol. The minimum atomic E-state index is -0.504. The Bertz CT molecular complexity index is 969. The zero-order chi connectivity index (χ0) is 22.0. The summed E-state index contributed by atoms with van der Waals surface area (Å²) >= 11 is 1.72. The summed E-state index contributed by atoms with van der Waals surface area (Å²) < 4.78 is 25.0. The van der Waals surface area contributed by atoms with Crippen LogP contribution < -0.4 is 9.47 Å². The van der Waals surface area contributed by atoms with Crippen LogP contribution in [0.5, 0.6) is 11.5 Å². The number of benzene rings is 2. The fourth-order valence-corrected chi connectivity index (χ4v) is 5.82. The lowest BCUT2D eigenvalue weighted by Crippen LogP contribution is -2.53. The minimum absolute atomic E-state index is 0.0987. The largest absolute Gasteiger partial charge is 0.496 e. The molecule has 0 radical (unpaired) electrons. The monoisotopic (exact) mass is 444 g/mol. The van der Waals surface area contributed by atoms with Crippen molar-refractivity contribution in [2.24, 2.45) is 0 Å². The van der Waals surface area contributed by atoms with Gasteiger partial charge >= 0.3 is 0 Å². The summed E-state index contributed by atoms with van der Waals surface area (Å²) in [5.41, 5.74) is 0.503. The fourth-order valence-electron chi connectivity index (χ4n) is 4.37. The Kier molecular flexibility index (Phi) is 6.09. The first kappa shape index (κ1) is 21.5. The fraction of sp³-hybridized carbons (Fsp3) is 0.391. The average molecular weight is 445 g/mol. The molecule has 0 saturated carbocycles. The zero-order valence-electron chi connectivity index (χ0n) is 17.6. The topological polar surface area (TPSA) is 59.1 Å². The van der Waals surface area contributed by atoms with Crippen LogP contribution >= 0.6 is 11.8 Å². The van der Waals surface area contributed by atoms with E-state index in [4.69, 9.17) is 9.47 Å². The molecule has 2 aliphatic rings. The second-order valence-electron chi connectivity index (χ2n) is 7.56. The molecule has 0 unspecified atom stereocenters. The molecule has 0 aliphatic carbocycles. The smallest absolute Gasteiger partial charge is 0.261 e. The van der Waals surface area contributed by atoms with Crippen molar-refractivity contribution in [3.63, 3.8) is 0 Å². The van der Waals surface area contributed by atoms with Gasteiger partial charge in [0, 0.05) is 25.4 Å². The molecule has 8 heteroatoms. The number of hydrogen-bond donors (Lipinski definition) is 0. The van der Waals surface area contributed by atoms with Gasteiger partial charge in [0.15, 0.2) is 0 Å². The summed E-state index contributed by atoms with van der Waals surface area (Å²) in [7, 11) is 3.05. The van der Waals surface area contributed by atoms with Crippen LogP contribution in [0.1, 0.15) is 33.6 Å². The molecule has 0 aromatic heterocycles. The van der Waals surface area contributed by atoms with Crippen LogP contribution in [0.4, 0.5) is 4.39 Å². The maximum absolute atomic E-state index is 14.2. The van der Waals surface area contributed by atoms with Crippen LogP contribution in [0.2, 0.25) is 0 Å². The van der Waals surface area contributed by atoms with Gasteiger partial charge in [0.1, 0.15) is 22.9 Å². The molecule has 1 spiro atoms. The van der Waals surface area contributed by atoms with Crippen LogP contribution in [0, 0.1) is 5.82 Å². The van der Waals surface area contributed by atoms with Crippen molar-refractivity contribution < 1.29 is 23.5 Å². The molecule has 2 aromatic rings. The molecule has 2 saturated heterocycles. The average Bonchev–Trinajstić information content (AvgIpc) is 3.21. The SMILES string of the molecule is COc1cccc(OC)c1C(=O)N1CCC2(CC1)SCCN2C(=O)c1ccccc1F. The standard InChI is InChI=1S/C23H25FN2O4S/c1-29-18-8-5-9-19(30-2)20(18)22(28)25-12-10-23(11-13-25)26(14-15-31-23)21(27)16-6-3-4-7-17(16)24/h3-9H,10-15H2,1-2H3. The highest BCUT2D eigenvalue weighted by atomic mass is 32.2. The van der Waals surface area contributed by atoms with Gasteiger partial charge in [-0.15, -0.1) is 11.8 Å². The Morgan fingerprint density at radius 1 is 0.935 bits per heavy atom. The van der Waals surface area contributed by atoms with Gasteiger partial charge < -0.3 is 19.3 Å².